The first-order chi connectivity index (χ1) is 6.65. The van der Waals surface area contributed by atoms with Crippen LogP contribution in [0.3, 0.4) is 0 Å². The summed E-state index contributed by atoms with van der Waals surface area (Å²) in [5.41, 5.74) is 0. The number of rotatable bonds is 4. The van der Waals surface area contributed by atoms with Gasteiger partial charge in [-0.25, -0.2) is 0 Å². The lowest BCUT2D eigenvalue weighted by atomic mass is 9.93. The maximum atomic E-state index is 3.50. The molecule has 3 unspecified atom stereocenters. The molecule has 1 heterocycles. The molecule has 0 radical (unpaired) electrons. The van der Waals surface area contributed by atoms with E-state index in [0.717, 1.165) is 17.9 Å². The van der Waals surface area contributed by atoms with Crippen LogP contribution in [0.4, 0.5) is 0 Å². The fourth-order valence-electron chi connectivity index (χ4n) is 2.32. The molecule has 1 fully saturated rings. The monoisotopic (exact) mass is 198 g/mol. The molecule has 0 aromatic carbocycles. The Balaban J connectivity index is 2.37. The summed E-state index contributed by atoms with van der Waals surface area (Å²) in [7, 11) is 2.28. The van der Waals surface area contributed by atoms with Gasteiger partial charge in [-0.15, -0.1) is 0 Å². The van der Waals surface area contributed by atoms with Gasteiger partial charge in [0.05, 0.1) is 0 Å². The molecule has 3 atom stereocenters. The Morgan fingerprint density at radius 1 is 1.50 bits per heavy atom. The molecule has 0 spiro atoms. The van der Waals surface area contributed by atoms with E-state index in [1.54, 1.807) is 0 Å². The fraction of sp³-hybridized carbons (Fsp3) is 1.00. The number of hydrogen-bond acceptors (Lipinski definition) is 2. The number of nitrogens with zero attached hydrogens (tertiary/aromatic N) is 1. The van der Waals surface area contributed by atoms with Crippen molar-refractivity contribution in [1.29, 1.82) is 0 Å². The van der Waals surface area contributed by atoms with Gasteiger partial charge in [0.1, 0.15) is 0 Å². The number of likely N-dealkylation sites (N-methyl/N-ethyl adjacent to an activating group) is 1. The maximum absolute atomic E-state index is 3.50. The Hall–Kier alpha value is -0.0800. The van der Waals surface area contributed by atoms with Crippen LogP contribution < -0.4 is 5.32 Å². The summed E-state index contributed by atoms with van der Waals surface area (Å²) >= 11 is 0. The highest BCUT2D eigenvalue weighted by molar-refractivity contribution is 4.82. The van der Waals surface area contributed by atoms with Gasteiger partial charge in [-0.1, -0.05) is 27.2 Å². The van der Waals surface area contributed by atoms with Crippen LogP contribution in [-0.2, 0) is 0 Å². The van der Waals surface area contributed by atoms with Gasteiger partial charge >= 0.3 is 0 Å². The summed E-state index contributed by atoms with van der Waals surface area (Å²) < 4.78 is 0. The Kier molecular flexibility index (Phi) is 4.90. The molecule has 2 heteroatoms. The van der Waals surface area contributed by atoms with Crippen LogP contribution in [-0.4, -0.2) is 37.6 Å². The van der Waals surface area contributed by atoms with Crippen molar-refractivity contribution >= 4 is 0 Å². The van der Waals surface area contributed by atoms with Crippen molar-refractivity contribution in [3.05, 3.63) is 0 Å². The zero-order valence-electron chi connectivity index (χ0n) is 10.2. The first kappa shape index (κ1) is 12.0. The van der Waals surface area contributed by atoms with Crippen molar-refractivity contribution in [2.45, 2.75) is 39.7 Å². The van der Waals surface area contributed by atoms with Crippen LogP contribution in [0.15, 0.2) is 0 Å². The molecule has 1 aliphatic heterocycles. The van der Waals surface area contributed by atoms with Crippen molar-refractivity contribution in [1.82, 2.24) is 10.2 Å². The highest BCUT2D eigenvalue weighted by Crippen LogP contribution is 2.17. The van der Waals surface area contributed by atoms with Gasteiger partial charge in [0.15, 0.2) is 0 Å². The molecular formula is C12H26N2. The summed E-state index contributed by atoms with van der Waals surface area (Å²) in [6, 6.07) is 0.748. The van der Waals surface area contributed by atoms with Crippen molar-refractivity contribution in [2.75, 3.05) is 26.7 Å². The predicted octanol–water partition coefficient (Wildman–Crippen LogP) is 1.96. The summed E-state index contributed by atoms with van der Waals surface area (Å²) in [6.45, 7) is 10.6. The lowest BCUT2D eigenvalue weighted by molar-refractivity contribution is 0.134. The van der Waals surface area contributed by atoms with Gasteiger partial charge in [0, 0.05) is 19.1 Å². The standard InChI is InChI=1S/C12H26N2/c1-5-10(2)9-14(4)12-8-13-7-6-11(12)3/h10-13H,5-9H2,1-4H3. The van der Waals surface area contributed by atoms with E-state index in [0.29, 0.717) is 0 Å². The van der Waals surface area contributed by atoms with Gasteiger partial charge < -0.3 is 10.2 Å². The van der Waals surface area contributed by atoms with Crippen LogP contribution in [0.2, 0.25) is 0 Å². The Morgan fingerprint density at radius 3 is 2.79 bits per heavy atom. The van der Waals surface area contributed by atoms with Gasteiger partial charge in [0.25, 0.3) is 0 Å². The van der Waals surface area contributed by atoms with Crippen LogP contribution in [0, 0.1) is 11.8 Å². The number of nitrogens with one attached hydrogen (secondary N) is 1. The third-order valence-corrected chi connectivity index (χ3v) is 3.65. The Bertz CT molecular complexity index is 158. The highest BCUT2D eigenvalue weighted by Gasteiger charge is 2.24. The molecule has 0 saturated carbocycles. The summed E-state index contributed by atoms with van der Waals surface area (Å²) in [6.07, 6.45) is 2.62. The largest absolute Gasteiger partial charge is 0.315 e. The third-order valence-electron chi connectivity index (χ3n) is 3.65. The lowest BCUT2D eigenvalue weighted by Crippen LogP contribution is -2.49. The molecule has 1 aliphatic rings. The minimum atomic E-state index is 0.748. The molecule has 0 aromatic rings. The molecule has 14 heavy (non-hydrogen) atoms. The van der Waals surface area contributed by atoms with Crippen LogP contribution in [0.25, 0.3) is 0 Å². The fourth-order valence-corrected chi connectivity index (χ4v) is 2.32. The second kappa shape index (κ2) is 5.72. The first-order valence-electron chi connectivity index (χ1n) is 6.06. The molecule has 1 saturated heterocycles. The molecule has 0 bridgehead atoms. The van der Waals surface area contributed by atoms with Crippen LogP contribution in [0.5, 0.6) is 0 Å². The molecule has 84 valence electrons. The van der Waals surface area contributed by atoms with Crippen LogP contribution >= 0.6 is 0 Å². The van der Waals surface area contributed by atoms with Gasteiger partial charge in [-0.3, -0.25) is 0 Å². The smallest absolute Gasteiger partial charge is 0.0243 e. The predicted molar refractivity (Wildman–Crippen MR) is 62.5 cm³/mol. The van der Waals surface area contributed by atoms with Crippen molar-refractivity contribution in [3.8, 4) is 0 Å². The van der Waals surface area contributed by atoms with E-state index in [-0.39, 0.29) is 0 Å². The molecule has 1 rings (SSSR count). The minimum Gasteiger partial charge on any atom is -0.315 e. The topological polar surface area (TPSA) is 15.3 Å². The highest BCUT2D eigenvalue weighted by atomic mass is 15.2. The second-order valence-electron chi connectivity index (χ2n) is 4.99. The summed E-state index contributed by atoms with van der Waals surface area (Å²) in [5.74, 6) is 1.68. The average molecular weight is 198 g/mol. The van der Waals surface area contributed by atoms with Crippen molar-refractivity contribution in [3.63, 3.8) is 0 Å². The zero-order valence-corrected chi connectivity index (χ0v) is 10.2. The van der Waals surface area contributed by atoms with Gasteiger partial charge in [-0.05, 0) is 31.8 Å². The maximum Gasteiger partial charge on any atom is 0.0243 e. The summed E-state index contributed by atoms with van der Waals surface area (Å²) in [4.78, 5) is 2.55. The molecule has 0 aromatic heterocycles. The van der Waals surface area contributed by atoms with Gasteiger partial charge in [-0.2, -0.15) is 0 Å². The SMILES string of the molecule is CCC(C)CN(C)C1CNCCC1C. The van der Waals surface area contributed by atoms with E-state index in [9.17, 15) is 0 Å². The summed E-state index contributed by atoms with van der Waals surface area (Å²) in [5, 5.41) is 3.50. The second-order valence-corrected chi connectivity index (χ2v) is 4.99. The number of piperidine rings is 1. The Labute approximate surface area is 89.1 Å². The molecule has 2 nitrogen and oxygen atoms in total. The van der Waals surface area contributed by atoms with E-state index in [1.807, 2.05) is 0 Å². The van der Waals surface area contributed by atoms with E-state index < -0.39 is 0 Å². The van der Waals surface area contributed by atoms with Crippen LogP contribution in [0.1, 0.15) is 33.6 Å². The van der Waals surface area contributed by atoms with Crippen molar-refractivity contribution in [2.24, 2.45) is 11.8 Å². The van der Waals surface area contributed by atoms with Crippen molar-refractivity contribution < 1.29 is 0 Å². The lowest BCUT2D eigenvalue weighted by Gasteiger charge is -2.37. The normalized spacial score (nSPS) is 30.6. The molecule has 0 amide bonds. The Morgan fingerprint density at radius 2 is 2.21 bits per heavy atom. The first-order valence-corrected chi connectivity index (χ1v) is 6.06. The van der Waals surface area contributed by atoms with E-state index >= 15 is 0 Å². The molecule has 0 aliphatic carbocycles. The molecule has 1 N–H and O–H groups in total. The van der Waals surface area contributed by atoms with E-state index in [4.69, 9.17) is 0 Å². The van der Waals surface area contributed by atoms with E-state index in [2.05, 4.69) is 38.0 Å². The van der Waals surface area contributed by atoms with Gasteiger partial charge in [0.2, 0.25) is 0 Å². The molecular weight excluding hydrogens is 172 g/mol. The zero-order chi connectivity index (χ0) is 10.6. The third kappa shape index (κ3) is 3.25. The number of hydrogen-bond donors (Lipinski definition) is 1. The average Bonchev–Trinajstić information content (AvgIpc) is 2.18. The minimum absolute atomic E-state index is 0.748. The quantitative estimate of drug-likeness (QED) is 0.743. The van der Waals surface area contributed by atoms with E-state index in [1.165, 1.54) is 32.5 Å².